The molecule has 1 fully saturated rings. The van der Waals surface area contributed by atoms with Gasteiger partial charge in [-0.2, -0.15) is 0 Å². The smallest absolute Gasteiger partial charge is 0.0707 e. The molecular formula is C22H33N3. The van der Waals surface area contributed by atoms with E-state index in [0.717, 1.165) is 30.9 Å². The van der Waals surface area contributed by atoms with Crippen molar-refractivity contribution in [1.82, 2.24) is 15.2 Å². The van der Waals surface area contributed by atoms with Gasteiger partial charge in [0.1, 0.15) is 0 Å². The molecule has 0 radical (unpaired) electrons. The van der Waals surface area contributed by atoms with Gasteiger partial charge < -0.3 is 10.2 Å². The first-order valence-corrected chi connectivity index (χ1v) is 9.97. The highest BCUT2D eigenvalue weighted by molar-refractivity contribution is 5.83. The largest absolute Gasteiger partial charge is 0.314 e. The number of rotatable bonds is 7. The van der Waals surface area contributed by atoms with Crippen LogP contribution in [0.3, 0.4) is 0 Å². The van der Waals surface area contributed by atoms with E-state index in [-0.39, 0.29) is 0 Å². The minimum absolute atomic E-state index is 0.732. The first-order chi connectivity index (χ1) is 12.2. The van der Waals surface area contributed by atoms with Crippen LogP contribution in [-0.4, -0.2) is 42.6 Å². The van der Waals surface area contributed by atoms with Gasteiger partial charge in [-0.3, -0.25) is 4.98 Å². The molecule has 1 unspecified atom stereocenters. The molecule has 1 atom stereocenters. The van der Waals surface area contributed by atoms with Crippen LogP contribution in [-0.2, 0) is 12.8 Å². The van der Waals surface area contributed by atoms with Crippen LogP contribution in [0.1, 0.15) is 43.4 Å². The summed E-state index contributed by atoms with van der Waals surface area (Å²) >= 11 is 0. The Bertz CT molecular complexity index is 689. The van der Waals surface area contributed by atoms with Crippen molar-refractivity contribution in [3.8, 4) is 0 Å². The third kappa shape index (κ3) is 4.80. The number of aryl methyl sites for hydroxylation is 2. The summed E-state index contributed by atoms with van der Waals surface area (Å²) in [5.41, 5.74) is 5.48. The van der Waals surface area contributed by atoms with Gasteiger partial charge in [0.05, 0.1) is 5.52 Å². The third-order valence-corrected chi connectivity index (χ3v) is 5.61. The summed E-state index contributed by atoms with van der Waals surface area (Å²) in [6.07, 6.45) is 6.84. The third-order valence-electron chi connectivity index (χ3n) is 5.61. The molecule has 136 valence electrons. The lowest BCUT2D eigenvalue weighted by molar-refractivity contribution is 0.232. The summed E-state index contributed by atoms with van der Waals surface area (Å²) in [7, 11) is 0. The number of fused-ring (bicyclic) bond motifs is 1. The highest BCUT2D eigenvalue weighted by Crippen LogP contribution is 2.25. The van der Waals surface area contributed by atoms with Crippen LogP contribution in [0.5, 0.6) is 0 Å². The summed E-state index contributed by atoms with van der Waals surface area (Å²) < 4.78 is 0. The second kappa shape index (κ2) is 8.77. The molecule has 0 aliphatic carbocycles. The SMILES string of the molecule is CCc1cc2c(C)ccnc2cc1CC(C)CCCN1CCNCC1. The Hall–Kier alpha value is -1.45. The van der Waals surface area contributed by atoms with Crippen molar-refractivity contribution in [3.63, 3.8) is 0 Å². The lowest BCUT2D eigenvalue weighted by Gasteiger charge is -2.27. The first kappa shape index (κ1) is 18.3. The molecule has 1 aliphatic heterocycles. The Morgan fingerprint density at radius 2 is 2.00 bits per heavy atom. The second-order valence-corrected chi connectivity index (χ2v) is 7.66. The Kier molecular flexibility index (Phi) is 6.44. The minimum atomic E-state index is 0.732. The molecule has 1 N–H and O–H groups in total. The maximum absolute atomic E-state index is 4.60. The van der Waals surface area contributed by atoms with E-state index in [4.69, 9.17) is 0 Å². The van der Waals surface area contributed by atoms with E-state index >= 15 is 0 Å². The van der Waals surface area contributed by atoms with Gasteiger partial charge in [-0.15, -0.1) is 0 Å². The molecule has 1 saturated heterocycles. The Labute approximate surface area is 152 Å². The van der Waals surface area contributed by atoms with Crippen molar-refractivity contribution in [3.05, 3.63) is 41.1 Å². The topological polar surface area (TPSA) is 28.2 Å². The fourth-order valence-corrected chi connectivity index (χ4v) is 4.01. The van der Waals surface area contributed by atoms with Crippen LogP contribution >= 0.6 is 0 Å². The maximum atomic E-state index is 4.60. The molecule has 1 aromatic heterocycles. The van der Waals surface area contributed by atoms with E-state index in [2.05, 4.69) is 54.2 Å². The number of hydrogen-bond acceptors (Lipinski definition) is 3. The average Bonchev–Trinajstić information content (AvgIpc) is 2.62. The average molecular weight is 340 g/mol. The van der Waals surface area contributed by atoms with Crippen molar-refractivity contribution < 1.29 is 0 Å². The van der Waals surface area contributed by atoms with Gasteiger partial charge in [0.25, 0.3) is 0 Å². The number of pyridine rings is 1. The van der Waals surface area contributed by atoms with Crippen molar-refractivity contribution >= 4 is 10.9 Å². The number of nitrogens with zero attached hydrogens (tertiary/aromatic N) is 2. The zero-order valence-electron chi connectivity index (χ0n) is 16.1. The second-order valence-electron chi connectivity index (χ2n) is 7.66. The molecule has 0 bridgehead atoms. The van der Waals surface area contributed by atoms with E-state index in [1.165, 1.54) is 61.0 Å². The fourth-order valence-electron chi connectivity index (χ4n) is 4.01. The first-order valence-electron chi connectivity index (χ1n) is 9.97. The van der Waals surface area contributed by atoms with Crippen LogP contribution in [0.4, 0.5) is 0 Å². The molecule has 1 aromatic carbocycles. The molecule has 3 nitrogen and oxygen atoms in total. The normalized spacial score (nSPS) is 17.1. The quantitative estimate of drug-likeness (QED) is 0.827. The highest BCUT2D eigenvalue weighted by Gasteiger charge is 2.12. The lowest BCUT2D eigenvalue weighted by Crippen LogP contribution is -2.43. The molecule has 2 heterocycles. The molecule has 0 saturated carbocycles. The van der Waals surface area contributed by atoms with Crippen LogP contribution in [0.25, 0.3) is 10.9 Å². The predicted molar refractivity (Wildman–Crippen MR) is 107 cm³/mol. The highest BCUT2D eigenvalue weighted by atomic mass is 15.2. The van der Waals surface area contributed by atoms with Crippen molar-refractivity contribution in [2.24, 2.45) is 5.92 Å². The fraction of sp³-hybridized carbons (Fsp3) is 0.591. The van der Waals surface area contributed by atoms with Crippen molar-refractivity contribution in [2.75, 3.05) is 32.7 Å². The van der Waals surface area contributed by atoms with E-state index in [1.54, 1.807) is 0 Å². The molecule has 25 heavy (non-hydrogen) atoms. The lowest BCUT2D eigenvalue weighted by atomic mass is 9.91. The monoisotopic (exact) mass is 339 g/mol. The van der Waals surface area contributed by atoms with Crippen LogP contribution in [0.15, 0.2) is 24.4 Å². The van der Waals surface area contributed by atoms with Crippen LogP contribution in [0.2, 0.25) is 0 Å². The van der Waals surface area contributed by atoms with Gasteiger partial charge >= 0.3 is 0 Å². The Morgan fingerprint density at radius 3 is 2.76 bits per heavy atom. The van der Waals surface area contributed by atoms with E-state index in [0.29, 0.717) is 0 Å². The van der Waals surface area contributed by atoms with Gasteiger partial charge in [0, 0.05) is 37.8 Å². The predicted octanol–water partition coefficient (Wildman–Crippen LogP) is 3.97. The summed E-state index contributed by atoms with van der Waals surface area (Å²) in [5.74, 6) is 0.732. The van der Waals surface area contributed by atoms with Crippen LogP contribution < -0.4 is 5.32 Å². The molecular weight excluding hydrogens is 306 g/mol. The number of piperazine rings is 1. The van der Waals surface area contributed by atoms with Gasteiger partial charge in [0.2, 0.25) is 0 Å². The summed E-state index contributed by atoms with van der Waals surface area (Å²) in [6, 6.07) is 6.83. The van der Waals surface area contributed by atoms with Gasteiger partial charge in [0.15, 0.2) is 0 Å². The van der Waals surface area contributed by atoms with E-state index < -0.39 is 0 Å². The van der Waals surface area contributed by atoms with Gasteiger partial charge in [-0.05, 0) is 80.0 Å². The number of benzene rings is 1. The molecule has 3 rings (SSSR count). The number of nitrogens with one attached hydrogen (secondary N) is 1. The molecule has 0 spiro atoms. The van der Waals surface area contributed by atoms with Gasteiger partial charge in [-0.25, -0.2) is 0 Å². The molecule has 1 aliphatic rings. The zero-order chi connectivity index (χ0) is 17.6. The number of hydrogen-bond donors (Lipinski definition) is 1. The maximum Gasteiger partial charge on any atom is 0.0707 e. The number of aromatic nitrogens is 1. The summed E-state index contributed by atoms with van der Waals surface area (Å²) in [5, 5.41) is 4.74. The Morgan fingerprint density at radius 1 is 1.20 bits per heavy atom. The van der Waals surface area contributed by atoms with Crippen molar-refractivity contribution in [2.45, 2.75) is 46.5 Å². The molecule has 2 aromatic rings. The Balaban J connectivity index is 1.60. The van der Waals surface area contributed by atoms with E-state index in [1.807, 2.05) is 6.20 Å². The standard InChI is InChI=1S/C22H33N3/c1-4-19-15-21-18(3)7-8-24-22(21)16-20(19)14-17(2)6-5-11-25-12-9-23-10-13-25/h7-8,15-17,23H,4-6,9-14H2,1-3H3. The van der Waals surface area contributed by atoms with Crippen LogP contribution in [0, 0.1) is 12.8 Å². The summed E-state index contributed by atoms with van der Waals surface area (Å²) in [4.78, 5) is 7.20. The molecule has 3 heteroatoms. The van der Waals surface area contributed by atoms with E-state index in [9.17, 15) is 0 Å². The summed E-state index contributed by atoms with van der Waals surface area (Å²) in [6.45, 7) is 12.8. The zero-order valence-corrected chi connectivity index (χ0v) is 16.1. The van der Waals surface area contributed by atoms with Gasteiger partial charge in [-0.1, -0.05) is 13.8 Å². The minimum Gasteiger partial charge on any atom is -0.314 e. The molecule has 0 amide bonds. The van der Waals surface area contributed by atoms with Crippen molar-refractivity contribution in [1.29, 1.82) is 0 Å².